The Balaban J connectivity index is 3.28. The lowest BCUT2D eigenvalue weighted by molar-refractivity contribution is -0.140. The summed E-state index contributed by atoms with van der Waals surface area (Å²) >= 11 is 3.77. The molecule has 2 nitrogen and oxygen atoms in total. The van der Waals surface area contributed by atoms with Crippen LogP contribution in [-0.2, 0) is 9.53 Å². The summed E-state index contributed by atoms with van der Waals surface area (Å²) in [4.78, 5) is 11.6. The monoisotopic (exact) mass is 374 g/mol. The van der Waals surface area contributed by atoms with Crippen molar-refractivity contribution in [2.75, 3.05) is 7.11 Å². The van der Waals surface area contributed by atoms with Crippen LogP contribution < -0.4 is 0 Å². The van der Waals surface area contributed by atoms with Crippen LogP contribution >= 0.6 is 15.9 Å². The average molecular weight is 375 g/mol. The molecule has 0 aromatic rings. The van der Waals surface area contributed by atoms with Crippen molar-refractivity contribution in [2.45, 2.75) is 95.2 Å². The van der Waals surface area contributed by atoms with E-state index >= 15 is 0 Å². The molecular formula is C19H35BrO2. The van der Waals surface area contributed by atoms with Crippen LogP contribution in [0.4, 0.5) is 0 Å². The Kier molecular flexibility index (Phi) is 16.8. The zero-order valence-corrected chi connectivity index (χ0v) is 16.2. The highest BCUT2D eigenvalue weighted by atomic mass is 79.9. The Hall–Kier alpha value is -0.310. The number of allylic oxidation sites excluding steroid dienone is 2. The molecule has 0 amide bonds. The highest BCUT2D eigenvalue weighted by Gasteiger charge is 2.01. The first-order valence-corrected chi connectivity index (χ1v) is 9.98. The van der Waals surface area contributed by atoms with Crippen LogP contribution in [0.3, 0.4) is 0 Å². The molecular weight excluding hydrogens is 340 g/mol. The van der Waals surface area contributed by atoms with Crippen molar-refractivity contribution in [3.63, 3.8) is 0 Å². The fraction of sp³-hybridized carbons (Fsp3) is 0.842. The number of rotatable bonds is 15. The Bertz CT molecular complexity index is 277. The maximum absolute atomic E-state index is 10.9. The third-order valence-electron chi connectivity index (χ3n) is 3.91. The summed E-state index contributed by atoms with van der Waals surface area (Å²) < 4.78 is 4.63. The second-order valence-corrected chi connectivity index (χ2v) is 7.33. The molecule has 0 unspecified atom stereocenters. The first-order valence-electron chi connectivity index (χ1n) is 9.06. The summed E-state index contributed by atoms with van der Waals surface area (Å²) in [6.07, 6.45) is 20.1. The zero-order valence-electron chi connectivity index (χ0n) is 14.6. The second-order valence-electron chi connectivity index (χ2n) is 6.04. The van der Waals surface area contributed by atoms with Crippen molar-refractivity contribution < 1.29 is 9.53 Å². The molecule has 0 saturated carbocycles. The van der Waals surface area contributed by atoms with Crippen LogP contribution in [0.15, 0.2) is 12.2 Å². The van der Waals surface area contributed by atoms with E-state index < -0.39 is 0 Å². The molecule has 22 heavy (non-hydrogen) atoms. The molecule has 0 radical (unpaired) electrons. The Labute approximate surface area is 146 Å². The molecule has 0 N–H and O–H groups in total. The summed E-state index contributed by atoms with van der Waals surface area (Å²) in [5.41, 5.74) is 0. The van der Waals surface area contributed by atoms with E-state index in [2.05, 4.69) is 39.7 Å². The molecule has 0 aliphatic carbocycles. The Morgan fingerprint density at radius 2 is 1.68 bits per heavy atom. The highest BCUT2D eigenvalue weighted by Crippen LogP contribution is 2.16. The highest BCUT2D eigenvalue weighted by molar-refractivity contribution is 9.09. The molecule has 3 heteroatoms. The van der Waals surface area contributed by atoms with Gasteiger partial charge >= 0.3 is 5.97 Å². The molecule has 0 rings (SSSR count). The molecule has 130 valence electrons. The van der Waals surface area contributed by atoms with Gasteiger partial charge in [-0.3, -0.25) is 4.79 Å². The van der Waals surface area contributed by atoms with Gasteiger partial charge in [-0.1, -0.05) is 80.0 Å². The number of hydrogen-bond donors (Lipinski definition) is 0. The van der Waals surface area contributed by atoms with Crippen LogP contribution in [-0.4, -0.2) is 17.9 Å². The van der Waals surface area contributed by atoms with Gasteiger partial charge in [-0.2, -0.15) is 0 Å². The summed E-state index contributed by atoms with van der Waals surface area (Å²) in [6.45, 7) is 2.26. The first-order chi connectivity index (χ1) is 10.7. The maximum Gasteiger partial charge on any atom is 0.305 e. The van der Waals surface area contributed by atoms with Crippen LogP contribution in [0, 0.1) is 0 Å². The minimum atomic E-state index is -0.0815. The van der Waals surface area contributed by atoms with Crippen LogP contribution in [0.25, 0.3) is 0 Å². The third kappa shape index (κ3) is 16.1. The largest absolute Gasteiger partial charge is 0.469 e. The van der Waals surface area contributed by atoms with Gasteiger partial charge < -0.3 is 4.74 Å². The molecule has 0 saturated heterocycles. The lowest BCUT2D eigenvalue weighted by atomic mass is 10.1. The molecule has 0 aromatic heterocycles. The summed E-state index contributed by atoms with van der Waals surface area (Å²) in [6, 6.07) is 0. The Morgan fingerprint density at radius 3 is 2.41 bits per heavy atom. The van der Waals surface area contributed by atoms with Gasteiger partial charge in [0.05, 0.1) is 7.11 Å². The number of methoxy groups -OCH3 is 1. The van der Waals surface area contributed by atoms with E-state index in [1.165, 1.54) is 64.9 Å². The van der Waals surface area contributed by atoms with E-state index in [0.717, 1.165) is 19.3 Å². The van der Waals surface area contributed by atoms with Gasteiger partial charge in [-0.05, 0) is 32.1 Å². The van der Waals surface area contributed by atoms with Crippen molar-refractivity contribution in [3.8, 4) is 0 Å². The van der Waals surface area contributed by atoms with E-state index in [0.29, 0.717) is 11.2 Å². The third-order valence-corrected chi connectivity index (χ3v) is 4.74. The fourth-order valence-electron chi connectivity index (χ4n) is 2.44. The number of esters is 1. The molecule has 0 aromatic carbocycles. The van der Waals surface area contributed by atoms with Gasteiger partial charge in [0.15, 0.2) is 0 Å². The maximum atomic E-state index is 10.9. The molecule has 0 spiro atoms. The number of carbonyl (C=O) groups is 1. The lowest BCUT2D eigenvalue weighted by Gasteiger charge is -2.06. The normalized spacial score (nSPS) is 12.7. The summed E-state index contributed by atoms with van der Waals surface area (Å²) in [5.74, 6) is -0.0815. The Morgan fingerprint density at radius 1 is 1.00 bits per heavy atom. The van der Waals surface area contributed by atoms with Crippen molar-refractivity contribution >= 4 is 21.9 Å². The predicted molar refractivity (Wildman–Crippen MR) is 99.6 cm³/mol. The SMILES string of the molecule is CCCCCC[C@H](Br)C/C=C\CCCCCCCC(=O)OC. The smallest absolute Gasteiger partial charge is 0.305 e. The number of carbonyl (C=O) groups excluding carboxylic acids is 1. The van der Waals surface area contributed by atoms with Gasteiger partial charge in [0, 0.05) is 11.2 Å². The number of alkyl halides is 1. The van der Waals surface area contributed by atoms with Crippen LogP contribution in [0.2, 0.25) is 0 Å². The number of unbranched alkanes of at least 4 members (excludes halogenated alkanes) is 8. The minimum absolute atomic E-state index is 0.0815. The van der Waals surface area contributed by atoms with Crippen molar-refractivity contribution in [1.82, 2.24) is 0 Å². The van der Waals surface area contributed by atoms with E-state index in [-0.39, 0.29) is 5.97 Å². The van der Waals surface area contributed by atoms with E-state index in [1.807, 2.05) is 0 Å². The predicted octanol–water partition coefficient (Wildman–Crippen LogP) is 6.57. The van der Waals surface area contributed by atoms with E-state index in [4.69, 9.17) is 0 Å². The van der Waals surface area contributed by atoms with Crippen molar-refractivity contribution in [2.24, 2.45) is 0 Å². The van der Waals surface area contributed by atoms with Crippen molar-refractivity contribution in [3.05, 3.63) is 12.2 Å². The number of halogens is 1. The molecule has 0 bridgehead atoms. The second kappa shape index (κ2) is 17.1. The lowest BCUT2D eigenvalue weighted by Crippen LogP contribution is -1.99. The zero-order chi connectivity index (χ0) is 16.5. The number of ether oxygens (including phenoxy) is 1. The van der Waals surface area contributed by atoms with Crippen LogP contribution in [0.5, 0.6) is 0 Å². The molecule has 0 aliphatic heterocycles. The van der Waals surface area contributed by atoms with Gasteiger partial charge in [-0.15, -0.1) is 0 Å². The topological polar surface area (TPSA) is 26.3 Å². The average Bonchev–Trinajstić information content (AvgIpc) is 2.53. The van der Waals surface area contributed by atoms with Gasteiger partial charge in [0.2, 0.25) is 0 Å². The molecule has 0 heterocycles. The van der Waals surface area contributed by atoms with Gasteiger partial charge in [0.1, 0.15) is 0 Å². The minimum Gasteiger partial charge on any atom is -0.469 e. The standard InChI is InChI=1S/C19H35BrO2/c1-3-4-5-12-15-18(20)16-13-10-8-6-7-9-11-14-17-19(21)22-2/h10,13,18H,3-9,11-12,14-17H2,1-2H3/b13-10-/t18-/m0/s1. The van der Waals surface area contributed by atoms with E-state index in [9.17, 15) is 4.79 Å². The first kappa shape index (κ1) is 21.7. The number of hydrogen-bond acceptors (Lipinski definition) is 2. The van der Waals surface area contributed by atoms with Crippen molar-refractivity contribution in [1.29, 1.82) is 0 Å². The summed E-state index contributed by atoms with van der Waals surface area (Å²) in [7, 11) is 1.46. The quantitative estimate of drug-likeness (QED) is 0.140. The van der Waals surface area contributed by atoms with E-state index in [1.54, 1.807) is 0 Å². The molecule has 0 aliphatic rings. The van der Waals surface area contributed by atoms with Gasteiger partial charge in [-0.25, -0.2) is 0 Å². The van der Waals surface area contributed by atoms with Crippen LogP contribution in [0.1, 0.15) is 90.4 Å². The fourth-order valence-corrected chi connectivity index (χ4v) is 2.98. The molecule has 1 atom stereocenters. The van der Waals surface area contributed by atoms with Gasteiger partial charge in [0.25, 0.3) is 0 Å². The summed E-state index contributed by atoms with van der Waals surface area (Å²) in [5, 5.41) is 0. The molecule has 0 fully saturated rings.